The molecule has 0 aliphatic heterocycles. The van der Waals surface area contributed by atoms with Gasteiger partial charge < -0.3 is 19.9 Å². The zero-order valence-electron chi connectivity index (χ0n) is 13.8. The number of hydrogen-bond donors (Lipinski definition) is 2. The number of rotatable bonds is 7. The highest BCUT2D eigenvalue weighted by atomic mass is 19.2. The first-order valence-electron chi connectivity index (χ1n) is 7.54. The second kappa shape index (κ2) is 8.08. The van der Waals surface area contributed by atoms with Gasteiger partial charge in [-0.25, -0.2) is 8.78 Å². The van der Waals surface area contributed by atoms with Crippen molar-refractivity contribution in [1.29, 1.82) is 0 Å². The molecule has 0 bridgehead atoms. The molecule has 6 heteroatoms. The van der Waals surface area contributed by atoms with Crippen LogP contribution < -0.4 is 14.8 Å². The van der Waals surface area contributed by atoms with Crippen LogP contribution in [0.2, 0.25) is 0 Å². The fraction of sp³-hybridized carbons (Fsp3) is 0.333. The minimum atomic E-state index is -0.976. The van der Waals surface area contributed by atoms with Gasteiger partial charge in [0, 0.05) is 24.2 Å². The van der Waals surface area contributed by atoms with E-state index in [0.717, 1.165) is 17.7 Å². The largest absolute Gasteiger partial charge is 0.497 e. The molecule has 24 heavy (non-hydrogen) atoms. The third kappa shape index (κ3) is 4.21. The van der Waals surface area contributed by atoms with Gasteiger partial charge in [-0.2, -0.15) is 0 Å². The summed E-state index contributed by atoms with van der Waals surface area (Å²) >= 11 is 0. The summed E-state index contributed by atoms with van der Waals surface area (Å²) in [5.74, 6) is -0.562. The Labute approximate surface area is 140 Å². The smallest absolute Gasteiger partial charge is 0.159 e. The van der Waals surface area contributed by atoms with Gasteiger partial charge in [-0.1, -0.05) is 12.1 Å². The second-order valence-corrected chi connectivity index (χ2v) is 5.43. The van der Waals surface area contributed by atoms with Crippen LogP contribution in [0.5, 0.6) is 11.5 Å². The predicted octanol–water partition coefficient (Wildman–Crippen LogP) is 3.37. The molecule has 2 atom stereocenters. The van der Waals surface area contributed by atoms with Crippen LogP contribution in [0.25, 0.3) is 0 Å². The van der Waals surface area contributed by atoms with Crippen molar-refractivity contribution in [2.45, 2.75) is 19.1 Å². The zero-order valence-corrected chi connectivity index (χ0v) is 13.8. The minimum absolute atomic E-state index is 0.120. The number of methoxy groups -OCH3 is 2. The number of aliphatic hydroxyl groups is 1. The van der Waals surface area contributed by atoms with Crippen molar-refractivity contribution in [2.24, 2.45) is 0 Å². The first-order chi connectivity index (χ1) is 11.5. The molecule has 0 aliphatic carbocycles. The lowest BCUT2D eigenvalue weighted by atomic mass is 10.1. The lowest BCUT2D eigenvalue weighted by molar-refractivity contribution is 0.170. The topological polar surface area (TPSA) is 50.7 Å². The van der Waals surface area contributed by atoms with Crippen LogP contribution in [-0.4, -0.2) is 25.9 Å². The maximum absolute atomic E-state index is 13.2. The van der Waals surface area contributed by atoms with E-state index in [9.17, 15) is 13.9 Å². The second-order valence-electron chi connectivity index (χ2n) is 5.43. The van der Waals surface area contributed by atoms with Gasteiger partial charge in [-0.3, -0.25) is 0 Å². The van der Waals surface area contributed by atoms with Crippen molar-refractivity contribution in [2.75, 3.05) is 20.8 Å². The van der Waals surface area contributed by atoms with Gasteiger partial charge in [0.15, 0.2) is 11.6 Å². The number of halogens is 2. The van der Waals surface area contributed by atoms with E-state index >= 15 is 0 Å². The Kier molecular flexibility index (Phi) is 6.11. The van der Waals surface area contributed by atoms with E-state index in [0.29, 0.717) is 17.1 Å². The lowest BCUT2D eigenvalue weighted by Gasteiger charge is -2.20. The van der Waals surface area contributed by atoms with Gasteiger partial charge in [0.25, 0.3) is 0 Å². The van der Waals surface area contributed by atoms with E-state index in [1.54, 1.807) is 20.3 Å². The number of benzene rings is 2. The molecule has 0 radical (unpaired) electrons. The SMILES string of the molecule is COc1ccc(C(C)NCC(O)c2ccc(F)c(F)c2)c(OC)c1. The Morgan fingerprint density at radius 1 is 1.04 bits per heavy atom. The Bertz CT molecular complexity index is 694. The van der Waals surface area contributed by atoms with E-state index in [1.807, 2.05) is 19.1 Å². The number of hydrogen-bond acceptors (Lipinski definition) is 4. The summed E-state index contributed by atoms with van der Waals surface area (Å²) < 4.78 is 36.7. The monoisotopic (exact) mass is 337 g/mol. The normalized spacial score (nSPS) is 13.4. The van der Waals surface area contributed by atoms with Crippen molar-refractivity contribution < 1.29 is 23.4 Å². The van der Waals surface area contributed by atoms with Crippen LogP contribution in [0.3, 0.4) is 0 Å². The fourth-order valence-corrected chi connectivity index (χ4v) is 2.41. The maximum atomic E-state index is 13.2. The average molecular weight is 337 g/mol. The summed E-state index contributed by atoms with van der Waals surface area (Å²) in [4.78, 5) is 0. The van der Waals surface area contributed by atoms with Gasteiger partial charge >= 0.3 is 0 Å². The molecular weight excluding hydrogens is 316 g/mol. The average Bonchev–Trinajstić information content (AvgIpc) is 2.60. The molecule has 130 valence electrons. The molecule has 4 nitrogen and oxygen atoms in total. The molecule has 0 saturated carbocycles. The maximum Gasteiger partial charge on any atom is 0.159 e. The molecule has 0 spiro atoms. The van der Waals surface area contributed by atoms with E-state index < -0.39 is 17.7 Å². The lowest BCUT2D eigenvalue weighted by Crippen LogP contribution is -2.25. The first-order valence-corrected chi connectivity index (χ1v) is 7.54. The summed E-state index contributed by atoms with van der Waals surface area (Å²) in [5.41, 5.74) is 1.21. The summed E-state index contributed by atoms with van der Waals surface area (Å²) in [7, 11) is 3.15. The van der Waals surface area contributed by atoms with Crippen LogP contribution in [0.4, 0.5) is 8.78 Å². The number of aliphatic hydroxyl groups excluding tert-OH is 1. The summed E-state index contributed by atoms with van der Waals surface area (Å²) in [6, 6.07) is 8.72. The molecule has 0 saturated heterocycles. The van der Waals surface area contributed by atoms with Gasteiger partial charge in [0.1, 0.15) is 11.5 Å². The van der Waals surface area contributed by atoms with Gasteiger partial charge in [-0.15, -0.1) is 0 Å². The van der Waals surface area contributed by atoms with Gasteiger partial charge in [0.05, 0.1) is 20.3 Å². The Balaban J connectivity index is 2.04. The quantitative estimate of drug-likeness (QED) is 0.813. The van der Waals surface area contributed by atoms with Crippen molar-refractivity contribution in [3.05, 3.63) is 59.2 Å². The van der Waals surface area contributed by atoms with Gasteiger partial charge in [-0.05, 0) is 30.7 Å². The summed E-state index contributed by atoms with van der Waals surface area (Å²) in [6.45, 7) is 2.10. The molecule has 2 rings (SSSR count). The highest BCUT2D eigenvalue weighted by molar-refractivity contribution is 5.42. The number of ether oxygens (including phenoxy) is 2. The Morgan fingerprint density at radius 2 is 1.79 bits per heavy atom. The van der Waals surface area contributed by atoms with Crippen LogP contribution in [0, 0.1) is 11.6 Å². The third-order valence-electron chi connectivity index (χ3n) is 3.85. The van der Waals surface area contributed by atoms with Crippen molar-refractivity contribution >= 4 is 0 Å². The predicted molar refractivity (Wildman–Crippen MR) is 87.3 cm³/mol. The van der Waals surface area contributed by atoms with Crippen molar-refractivity contribution in [3.63, 3.8) is 0 Å². The van der Waals surface area contributed by atoms with Crippen molar-refractivity contribution in [3.8, 4) is 11.5 Å². The van der Waals surface area contributed by atoms with E-state index in [-0.39, 0.29) is 12.6 Å². The first kappa shape index (κ1) is 18.2. The van der Waals surface area contributed by atoms with E-state index in [2.05, 4.69) is 5.32 Å². The molecule has 0 aliphatic rings. The molecule has 0 heterocycles. The summed E-state index contributed by atoms with van der Waals surface area (Å²) in [5, 5.41) is 13.3. The standard InChI is InChI=1S/C18H21F2NO3/c1-11(14-6-5-13(23-2)9-18(14)24-3)21-10-17(22)12-4-7-15(19)16(20)8-12/h4-9,11,17,21-22H,10H2,1-3H3. The molecule has 2 unspecified atom stereocenters. The van der Waals surface area contributed by atoms with Gasteiger partial charge in [0.2, 0.25) is 0 Å². The van der Waals surface area contributed by atoms with Crippen LogP contribution >= 0.6 is 0 Å². The van der Waals surface area contributed by atoms with Crippen LogP contribution in [0.15, 0.2) is 36.4 Å². The summed E-state index contributed by atoms with van der Waals surface area (Å²) in [6.07, 6.45) is -0.952. The van der Waals surface area contributed by atoms with Crippen molar-refractivity contribution in [1.82, 2.24) is 5.32 Å². The molecule has 2 aromatic rings. The highest BCUT2D eigenvalue weighted by Gasteiger charge is 2.15. The molecular formula is C18H21F2NO3. The Morgan fingerprint density at radius 3 is 2.42 bits per heavy atom. The van der Waals surface area contributed by atoms with Crippen LogP contribution in [-0.2, 0) is 0 Å². The number of nitrogens with one attached hydrogen (secondary N) is 1. The van der Waals surface area contributed by atoms with Crippen LogP contribution in [0.1, 0.15) is 30.2 Å². The van der Waals surface area contributed by atoms with E-state index in [4.69, 9.17) is 9.47 Å². The van der Waals surface area contributed by atoms with E-state index in [1.165, 1.54) is 6.07 Å². The minimum Gasteiger partial charge on any atom is -0.497 e. The molecule has 2 N–H and O–H groups in total. The molecule has 0 fully saturated rings. The zero-order chi connectivity index (χ0) is 17.7. The molecule has 2 aromatic carbocycles. The molecule has 0 amide bonds. The highest BCUT2D eigenvalue weighted by Crippen LogP contribution is 2.29. The third-order valence-corrected chi connectivity index (χ3v) is 3.85. The molecule has 0 aromatic heterocycles. The fourth-order valence-electron chi connectivity index (χ4n) is 2.41. The Hall–Kier alpha value is -2.18.